The third kappa shape index (κ3) is 4.58. The van der Waals surface area contributed by atoms with Crippen molar-refractivity contribution in [3.8, 4) is 11.1 Å². The van der Waals surface area contributed by atoms with E-state index in [1.54, 1.807) is 6.92 Å². The first-order valence-electron chi connectivity index (χ1n) is 11.2. The minimum absolute atomic E-state index is 0.0927. The van der Waals surface area contributed by atoms with Crippen LogP contribution in [0.15, 0.2) is 48.5 Å². The van der Waals surface area contributed by atoms with Gasteiger partial charge >= 0.3 is 12.1 Å². The maximum absolute atomic E-state index is 13.2. The standard InChI is InChI=1S/C26H32N2O5/c1-6-15-26(4,22(29)28(5)25(2,3)23(30)31)27-24(32)33-16-21-19-13-9-7-11-17(19)18-12-8-10-14-20(18)21/h7-14,21H,6,15-16H2,1-5H3,(H,27,32)(H,30,31). The van der Waals surface area contributed by atoms with Crippen molar-refractivity contribution in [2.75, 3.05) is 13.7 Å². The summed E-state index contributed by atoms with van der Waals surface area (Å²) in [7, 11) is 1.43. The average Bonchev–Trinajstić information content (AvgIpc) is 3.10. The van der Waals surface area contributed by atoms with Crippen LogP contribution in [-0.2, 0) is 14.3 Å². The number of hydrogen-bond acceptors (Lipinski definition) is 4. The summed E-state index contributed by atoms with van der Waals surface area (Å²) in [6.45, 7) is 6.54. The number of alkyl carbamates (subject to hydrolysis) is 1. The molecule has 0 saturated carbocycles. The normalized spacial score (nSPS) is 14.6. The van der Waals surface area contributed by atoms with Gasteiger partial charge in [-0.1, -0.05) is 61.9 Å². The van der Waals surface area contributed by atoms with Gasteiger partial charge in [-0.2, -0.15) is 0 Å². The van der Waals surface area contributed by atoms with E-state index in [1.165, 1.54) is 20.9 Å². The molecule has 0 fully saturated rings. The fourth-order valence-corrected chi connectivity index (χ4v) is 4.35. The van der Waals surface area contributed by atoms with Crippen molar-refractivity contribution in [3.05, 3.63) is 59.7 Å². The zero-order valence-corrected chi connectivity index (χ0v) is 19.8. The minimum Gasteiger partial charge on any atom is -0.480 e. The lowest BCUT2D eigenvalue weighted by Crippen LogP contribution is -2.62. The van der Waals surface area contributed by atoms with Crippen LogP contribution in [0.25, 0.3) is 11.1 Å². The number of hydrogen-bond donors (Lipinski definition) is 2. The number of nitrogens with zero attached hydrogens (tertiary/aromatic N) is 1. The molecule has 3 rings (SSSR count). The predicted molar refractivity (Wildman–Crippen MR) is 126 cm³/mol. The van der Waals surface area contributed by atoms with E-state index in [0.29, 0.717) is 12.8 Å². The molecular weight excluding hydrogens is 420 g/mol. The van der Waals surface area contributed by atoms with Crippen molar-refractivity contribution in [1.29, 1.82) is 0 Å². The Morgan fingerprint density at radius 1 is 1.00 bits per heavy atom. The lowest BCUT2D eigenvalue weighted by atomic mass is 9.91. The smallest absolute Gasteiger partial charge is 0.408 e. The van der Waals surface area contributed by atoms with Crippen LogP contribution in [0.2, 0.25) is 0 Å². The largest absolute Gasteiger partial charge is 0.480 e. The molecule has 0 saturated heterocycles. The molecule has 1 unspecified atom stereocenters. The summed E-state index contributed by atoms with van der Waals surface area (Å²) in [6, 6.07) is 16.1. The number of likely N-dealkylation sites (N-methyl/N-ethyl adjacent to an activating group) is 1. The SMILES string of the molecule is CCCC(C)(NC(=O)OCC1c2ccccc2-c2ccccc21)C(=O)N(C)C(C)(C)C(=O)O. The van der Waals surface area contributed by atoms with Gasteiger partial charge in [-0.05, 0) is 49.4 Å². The molecule has 1 aliphatic carbocycles. The maximum Gasteiger partial charge on any atom is 0.408 e. The van der Waals surface area contributed by atoms with Crippen molar-refractivity contribution in [3.63, 3.8) is 0 Å². The first-order valence-corrected chi connectivity index (χ1v) is 11.2. The number of ether oxygens (including phenoxy) is 1. The molecule has 1 aliphatic rings. The van der Waals surface area contributed by atoms with Crippen LogP contribution in [0.3, 0.4) is 0 Å². The zero-order valence-electron chi connectivity index (χ0n) is 19.8. The molecular formula is C26H32N2O5. The van der Waals surface area contributed by atoms with Crippen molar-refractivity contribution < 1.29 is 24.2 Å². The van der Waals surface area contributed by atoms with Crippen LogP contribution in [0.5, 0.6) is 0 Å². The molecule has 33 heavy (non-hydrogen) atoms. The van der Waals surface area contributed by atoms with Gasteiger partial charge in [0.2, 0.25) is 5.91 Å². The topological polar surface area (TPSA) is 95.9 Å². The van der Waals surface area contributed by atoms with Crippen molar-refractivity contribution in [2.24, 2.45) is 0 Å². The number of fused-ring (bicyclic) bond motifs is 3. The summed E-state index contributed by atoms with van der Waals surface area (Å²) in [5.41, 5.74) is 1.74. The second kappa shape index (κ2) is 9.25. The summed E-state index contributed by atoms with van der Waals surface area (Å²) >= 11 is 0. The maximum atomic E-state index is 13.2. The van der Waals surface area contributed by atoms with Gasteiger partial charge in [-0.25, -0.2) is 9.59 Å². The predicted octanol–water partition coefficient (Wildman–Crippen LogP) is 4.41. The van der Waals surface area contributed by atoms with E-state index < -0.39 is 29.0 Å². The van der Waals surface area contributed by atoms with Crippen LogP contribution >= 0.6 is 0 Å². The van der Waals surface area contributed by atoms with Crippen LogP contribution in [-0.4, -0.2) is 52.7 Å². The number of aliphatic carboxylic acids is 1. The quantitative estimate of drug-likeness (QED) is 0.619. The lowest BCUT2D eigenvalue weighted by molar-refractivity contribution is -0.158. The molecule has 0 radical (unpaired) electrons. The van der Waals surface area contributed by atoms with E-state index in [4.69, 9.17) is 4.74 Å². The highest BCUT2D eigenvalue weighted by Crippen LogP contribution is 2.44. The highest BCUT2D eigenvalue weighted by molar-refractivity contribution is 5.93. The highest BCUT2D eigenvalue weighted by atomic mass is 16.5. The van der Waals surface area contributed by atoms with Gasteiger partial charge in [-0.3, -0.25) is 4.79 Å². The number of carbonyl (C=O) groups is 3. The lowest BCUT2D eigenvalue weighted by Gasteiger charge is -2.39. The fraction of sp³-hybridized carbons (Fsp3) is 0.423. The van der Waals surface area contributed by atoms with E-state index >= 15 is 0 Å². The summed E-state index contributed by atoms with van der Waals surface area (Å²) in [6.07, 6.45) is 0.256. The van der Waals surface area contributed by atoms with E-state index in [9.17, 15) is 19.5 Å². The van der Waals surface area contributed by atoms with Crippen molar-refractivity contribution in [2.45, 2.75) is 57.5 Å². The average molecular weight is 453 g/mol. The minimum atomic E-state index is -1.42. The molecule has 2 aromatic rings. The Morgan fingerprint density at radius 3 is 2.00 bits per heavy atom. The van der Waals surface area contributed by atoms with Gasteiger partial charge in [0.05, 0.1) is 0 Å². The molecule has 7 heteroatoms. The number of carbonyl (C=O) groups excluding carboxylic acids is 2. The van der Waals surface area contributed by atoms with Crippen LogP contribution < -0.4 is 5.32 Å². The second-order valence-electron chi connectivity index (χ2n) is 9.26. The Hall–Kier alpha value is -3.35. The van der Waals surface area contributed by atoms with E-state index in [2.05, 4.69) is 17.4 Å². The molecule has 0 aliphatic heterocycles. The monoisotopic (exact) mass is 452 g/mol. The molecule has 2 aromatic carbocycles. The molecule has 7 nitrogen and oxygen atoms in total. The number of nitrogens with one attached hydrogen (secondary N) is 1. The van der Waals surface area contributed by atoms with Crippen LogP contribution in [0.1, 0.15) is 57.6 Å². The van der Waals surface area contributed by atoms with Gasteiger partial charge in [0.1, 0.15) is 17.7 Å². The van der Waals surface area contributed by atoms with Gasteiger partial charge in [0, 0.05) is 13.0 Å². The summed E-state index contributed by atoms with van der Waals surface area (Å²) in [4.78, 5) is 38.8. The molecule has 2 N–H and O–H groups in total. The summed E-state index contributed by atoms with van der Waals surface area (Å²) in [5.74, 6) is -1.70. The third-order valence-corrected chi connectivity index (χ3v) is 6.61. The van der Waals surface area contributed by atoms with Gasteiger partial charge in [-0.15, -0.1) is 0 Å². The summed E-state index contributed by atoms with van der Waals surface area (Å²) in [5, 5.41) is 12.2. The molecule has 0 spiro atoms. The fourth-order valence-electron chi connectivity index (χ4n) is 4.35. The van der Waals surface area contributed by atoms with Gasteiger partial charge in [0.15, 0.2) is 0 Å². The van der Waals surface area contributed by atoms with Crippen molar-refractivity contribution >= 4 is 18.0 Å². The second-order valence-corrected chi connectivity index (χ2v) is 9.26. The van der Waals surface area contributed by atoms with Crippen molar-refractivity contribution in [1.82, 2.24) is 10.2 Å². The number of benzene rings is 2. The molecule has 0 bridgehead atoms. The van der Waals surface area contributed by atoms with Gasteiger partial charge < -0.3 is 20.1 Å². The number of rotatable bonds is 8. The first-order chi connectivity index (χ1) is 15.5. The zero-order chi connectivity index (χ0) is 24.4. The van der Waals surface area contributed by atoms with Crippen LogP contribution in [0.4, 0.5) is 4.79 Å². The van der Waals surface area contributed by atoms with E-state index in [-0.39, 0.29) is 12.5 Å². The third-order valence-electron chi connectivity index (χ3n) is 6.61. The van der Waals surface area contributed by atoms with Crippen LogP contribution in [0, 0.1) is 0 Å². The molecule has 0 heterocycles. The Balaban J connectivity index is 1.75. The number of carboxylic acid groups (broad SMARTS) is 1. The highest BCUT2D eigenvalue weighted by Gasteiger charge is 2.44. The molecule has 176 valence electrons. The number of carboxylic acids is 1. The Kier molecular flexibility index (Phi) is 6.81. The number of amides is 2. The Labute approximate surface area is 194 Å². The molecule has 0 aromatic heterocycles. The summed E-state index contributed by atoms with van der Waals surface area (Å²) < 4.78 is 5.61. The van der Waals surface area contributed by atoms with Gasteiger partial charge in [0.25, 0.3) is 0 Å². The molecule has 2 amide bonds. The van der Waals surface area contributed by atoms with E-state index in [1.807, 2.05) is 43.3 Å². The molecule has 1 atom stereocenters. The first kappa shape index (κ1) is 24.3. The Morgan fingerprint density at radius 2 is 1.52 bits per heavy atom. The Bertz CT molecular complexity index is 1020. The van der Waals surface area contributed by atoms with E-state index in [0.717, 1.165) is 27.2 Å².